The molecule has 1 aromatic heterocycles. The molecule has 0 amide bonds. The number of carboxylic acid groups (broad SMARTS) is 1. The number of halogens is 2. The van der Waals surface area contributed by atoms with Gasteiger partial charge in [0.15, 0.2) is 5.75 Å². The number of hydrogen-bond donors (Lipinski definition) is 2. The van der Waals surface area contributed by atoms with Crippen LogP contribution in [0.1, 0.15) is 18.9 Å². The van der Waals surface area contributed by atoms with E-state index < -0.39 is 11.6 Å². The van der Waals surface area contributed by atoms with Gasteiger partial charge in [0.05, 0.1) is 32.8 Å². The number of rotatable bonds is 3. The average molecular weight is 398 g/mol. The van der Waals surface area contributed by atoms with Gasteiger partial charge < -0.3 is 24.6 Å². The Labute approximate surface area is 159 Å². The Bertz CT molecular complexity index is 949. The first-order valence-electron chi connectivity index (χ1n) is 8.40. The summed E-state index contributed by atoms with van der Waals surface area (Å²) in [5.74, 6) is -0.237. The summed E-state index contributed by atoms with van der Waals surface area (Å²) in [7, 11) is 0. The summed E-state index contributed by atoms with van der Waals surface area (Å²) in [5.41, 5.74) is 0.757. The van der Waals surface area contributed by atoms with E-state index in [2.05, 4.69) is 15.0 Å². The number of pyridine rings is 1. The van der Waals surface area contributed by atoms with E-state index in [1.165, 1.54) is 6.20 Å². The molecule has 2 N–H and O–H groups in total. The Morgan fingerprint density at radius 2 is 1.96 bits per heavy atom. The number of anilines is 1. The molecule has 26 heavy (non-hydrogen) atoms. The average Bonchev–Trinajstić information content (AvgIpc) is 3.43. The van der Waals surface area contributed by atoms with E-state index in [1.54, 1.807) is 6.07 Å². The van der Waals surface area contributed by atoms with E-state index in [4.69, 9.17) is 28.3 Å². The quantitative estimate of drug-likeness (QED) is 0.774. The molecule has 2 aromatic rings. The molecule has 0 bridgehead atoms. The van der Waals surface area contributed by atoms with Crippen LogP contribution in [-0.2, 0) is 0 Å². The Morgan fingerprint density at radius 1 is 1.27 bits per heavy atom. The third-order valence-electron chi connectivity index (χ3n) is 4.72. The van der Waals surface area contributed by atoms with E-state index in [1.807, 2.05) is 4.57 Å². The lowest BCUT2D eigenvalue weighted by Crippen LogP contribution is -2.43. The number of hydrogen-bond acceptors (Lipinski definition) is 5. The Hall–Kier alpha value is -1.96. The van der Waals surface area contributed by atoms with Gasteiger partial charge in [-0.1, -0.05) is 23.2 Å². The topological polar surface area (TPSA) is 83.8 Å². The molecule has 0 atom stereocenters. The first-order chi connectivity index (χ1) is 12.5. The van der Waals surface area contributed by atoms with Crippen LogP contribution in [0.15, 0.2) is 17.1 Å². The zero-order chi connectivity index (χ0) is 18.4. The lowest BCUT2D eigenvalue weighted by atomic mass is 10.1. The fraction of sp³-hybridized carbons (Fsp3) is 0.412. The predicted octanol–water partition coefficient (Wildman–Crippen LogP) is 3.11. The molecule has 1 aromatic carbocycles. The van der Waals surface area contributed by atoms with Crippen LogP contribution in [-0.4, -0.2) is 42.0 Å². The molecule has 1 saturated carbocycles. The van der Waals surface area contributed by atoms with Crippen LogP contribution in [0.3, 0.4) is 0 Å². The number of fused-ring (bicyclic) bond motifs is 1. The summed E-state index contributed by atoms with van der Waals surface area (Å²) in [5, 5.41) is 13.2. The third-order valence-corrected chi connectivity index (χ3v) is 5.37. The van der Waals surface area contributed by atoms with Crippen LogP contribution in [0, 0.1) is 0 Å². The van der Waals surface area contributed by atoms with Crippen molar-refractivity contribution in [2.45, 2.75) is 18.9 Å². The van der Waals surface area contributed by atoms with Gasteiger partial charge in [0.1, 0.15) is 0 Å². The second-order valence-electron chi connectivity index (χ2n) is 6.48. The van der Waals surface area contributed by atoms with Crippen molar-refractivity contribution in [2.75, 3.05) is 31.1 Å². The van der Waals surface area contributed by atoms with E-state index in [0.717, 1.165) is 39.0 Å². The number of carbonyl (C=O) groups is 1. The van der Waals surface area contributed by atoms with Gasteiger partial charge >= 0.3 is 6.16 Å². The Morgan fingerprint density at radius 3 is 2.58 bits per heavy atom. The van der Waals surface area contributed by atoms with Gasteiger partial charge in [-0.15, -0.1) is 0 Å². The molecule has 0 spiro atoms. The Kier molecular flexibility index (Phi) is 4.46. The number of nitrogens with zero attached hydrogens (tertiary/aromatic N) is 2. The van der Waals surface area contributed by atoms with Crippen molar-refractivity contribution in [2.24, 2.45) is 0 Å². The van der Waals surface area contributed by atoms with Crippen molar-refractivity contribution >= 4 is 45.9 Å². The highest BCUT2D eigenvalue weighted by atomic mass is 35.5. The first kappa shape index (κ1) is 17.5. The minimum absolute atomic E-state index is 0.170. The number of nitrogens with one attached hydrogen (secondary N) is 1. The van der Waals surface area contributed by atoms with Crippen molar-refractivity contribution in [3.63, 3.8) is 0 Å². The van der Waals surface area contributed by atoms with Crippen molar-refractivity contribution < 1.29 is 14.6 Å². The summed E-state index contributed by atoms with van der Waals surface area (Å²) < 4.78 is 6.52. The molecule has 1 saturated heterocycles. The predicted molar refractivity (Wildman–Crippen MR) is 100 cm³/mol. The molecule has 2 aliphatic rings. The molecule has 2 fully saturated rings. The minimum Gasteiger partial charge on any atom is -0.449 e. The van der Waals surface area contributed by atoms with Crippen LogP contribution in [0.4, 0.5) is 10.5 Å². The van der Waals surface area contributed by atoms with Crippen molar-refractivity contribution in [1.82, 2.24) is 9.88 Å². The summed E-state index contributed by atoms with van der Waals surface area (Å²) in [6.07, 6.45) is 1.79. The molecule has 0 unspecified atom stereocenters. The summed E-state index contributed by atoms with van der Waals surface area (Å²) in [6.45, 7) is 3.18. The molecule has 1 aliphatic heterocycles. The van der Waals surface area contributed by atoms with Gasteiger partial charge in [-0.25, -0.2) is 4.79 Å². The molecule has 0 radical (unpaired) electrons. The lowest BCUT2D eigenvalue weighted by molar-refractivity contribution is 0.143. The maximum atomic E-state index is 12.7. The summed E-state index contributed by atoms with van der Waals surface area (Å²) >= 11 is 13.2. The van der Waals surface area contributed by atoms with Crippen LogP contribution in [0.5, 0.6) is 5.75 Å². The molecule has 4 rings (SSSR count). The SMILES string of the molecule is O=C(O)Oc1cn(C2CC2)c2c(Cl)c(N3CCNCC3)c(Cl)cc2c1=O. The molecular weight excluding hydrogens is 381 g/mol. The maximum Gasteiger partial charge on any atom is 0.511 e. The summed E-state index contributed by atoms with van der Waals surface area (Å²) in [6, 6.07) is 1.74. The molecule has 1 aliphatic carbocycles. The largest absolute Gasteiger partial charge is 0.511 e. The number of ether oxygens (including phenoxy) is 1. The third kappa shape index (κ3) is 3.00. The van der Waals surface area contributed by atoms with Gasteiger partial charge in [-0.2, -0.15) is 0 Å². The normalized spacial score (nSPS) is 17.5. The van der Waals surface area contributed by atoms with Gasteiger partial charge in [0, 0.05) is 32.2 Å². The van der Waals surface area contributed by atoms with E-state index in [9.17, 15) is 9.59 Å². The number of piperazine rings is 1. The standard InChI is InChI=1S/C17H17Cl2N3O4/c18-11-7-10-14(13(19)15(11)21-5-3-20-4-6-21)22(9-1-2-9)8-12(16(10)23)26-17(24)25/h7-9,20H,1-6H2,(H,24,25). The van der Waals surface area contributed by atoms with Gasteiger partial charge in [0.25, 0.3) is 0 Å². The molecular formula is C17H17Cl2N3O4. The molecule has 9 heteroatoms. The fourth-order valence-corrected chi connectivity index (χ4v) is 4.18. The van der Waals surface area contributed by atoms with Gasteiger partial charge in [0.2, 0.25) is 5.43 Å². The zero-order valence-corrected chi connectivity index (χ0v) is 15.3. The number of aromatic nitrogens is 1. The molecule has 138 valence electrons. The molecule has 7 nitrogen and oxygen atoms in total. The van der Waals surface area contributed by atoms with E-state index >= 15 is 0 Å². The van der Waals surface area contributed by atoms with Crippen LogP contribution in [0.25, 0.3) is 10.9 Å². The minimum atomic E-state index is -1.53. The Balaban J connectivity index is 1.97. The zero-order valence-electron chi connectivity index (χ0n) is 13.8. The van der Waals surface area contributed by atoms with Crippen molar-refractivity contribution in [1.29, 1.82) is 0 Å². The van der Waals surface area contributed by atoms with Crippen molar-refractivity contribution in [3.8, 4) is 5.75 Å². The number of benzene rings is 1. The first-order valence-corrected chi connectivity index (χ1v) is 9.16. The fourth-order valence-electron chi connectivity index (χ4n) is 3.39. The second-order valence-corrected chi connectivity index (χ2v) is 7.27. The van der Waals surface area contributed by atoms with Crippen LogP contribution in [0.2, 0.25) is 10.0 Å². The van der Waals surface area contributed by atoms with E-state index in [0.29, 0.717) is 21.2 Å². The highest BCUT2D eigenvalue weighted by molar-refractivity contribution is 6.42. The second kappa shape index (κ2) is 6.64. The van der Waals surface area contributed by atoms with Crippen molar-refractivity contribution in [3.05, 3.63) is 32.5 Å². The van der Waals surface area contributed by atoms with Gasteiger partial charge in [-0.3, -0.25) is 4.79 Å². The highest BCUT2D eigenvalue weighted by Gasteiger charge is 2.29. The smallest absolute Gasteiger partial charge is 0.449 e. The van der Waals surface area contributed by atoms with E-state index in [-0.39, 0.29) is 17.2 Å². The van der Waals surface area contributed by atoms with Gasteiger partial charge in [-0.05, 0) is 18.9 Å². The lowest BCUT2D eigenvalue weighted by Gasteiger charge is -2.31. The highest BCUT2D eigenvalue weighted by Crippen LogP contribution is 2.44. The molecule has 2 heterocycles. The maximum absolute atomic E-state index is 12.7. The summed E-state index contributed by atoms with van der Waals surface area (Å²) in [4.78, 5) is 25.7. The van der Waals surface area contributed by atoms with Crippen LogP contribution < -0.4 is 20.4 Å². The monoisotopic (exact) mass is 397 g/mol. The van der Waals surface area contributed by atoms with Crippen LogP contribution >= 0.6 is 23.2 Å².